The molecule has 1 aliphatic heterocycles. The molecule has 0 saturated carbocycles. The van der Waals surface area contributed by atoms with E-state index in [2.05, 4.69) is 18.8 Å². The van der Waals surface area contributed by atoms with Crippen LogP contribution in [0.3, 0.4) is 0 Å². The molecule has 0 amide bonds. The smallest absolute Gasteiger partial charge is 0.198 e. The second-order valence-corrected chi connectivity index (χ2v) is 8.59. The maximum Gasteiger partial charge on any atom is 0.198 e. The highest BCUT2D eigenvalue weighted by atomic mass is 32.2. The maximum atomic E-state index is 12.6. The Kier molecular flexibility index (Phi) is 5.51. The van der Waals surface area contributed by atoms with Gasteiger partial charge in [-0.1, -0.05) is 50.2 Å². The number of ether oxygens (including phenoxy) is 2. The van der Waals surface area contributed by atoms with Crippen molar-refractivity contribution in [2.75, 3.05) is 5.75 Å². The maximum absolute atomic E-state index is 12.6. The van der Waals surface area contributed by atoms with Crippen molar-refractivity contribution in [3.8, 4) is 0 Å². The number of hydrogen-bond acceptors (Lipinski definition) is 5. The van der Waals surface area contributed by atoms with Gasteiger partial charge in [-0.25, -0.2) is 13.4 Å². The van der Waals surface area contributed by atoms with Crippen LogP contribution in [0.15, 0.2) is 59.8 Å². The van der Waals surface area contributed by atoms with Crippen LogP contribution < -0.4 is 0 Å². The molecule has 0 N–H and O–H groups in total. The Morgan fingerprint density at radius 3 is 2.44 bits per heavy atom. The van der Waals surface area contributed by atoms with Crippen molar-refractivity contribution in [2.45, 2.75) is 43.8 Å². The van der Waals surface area contributed by atoms with Gasteiger partial charge in [0, 0.05) is 18.2 Å². The van der Waals surface area contributed by atoms with E-state index >= 15 is 0 Å². The first-order chi connectivity index (χ1) is 12.0. The second kappa shape index (κ2) is 7.64. The summed E-state index contributed by atoms with van der Waals surface area (Å²) in [6, 6.07) is 14.5. The van der Waals surface area contributed by atoms with Crippen molar-refractivity contribution in [2.24, 2.45) is 5.92 Å². The molecule has 1 saturated heterocycles. The predicted octanol–water partition coefficient (Wildman–Crippen LogP) is 3.38. The van der Waals surface area contributed by atoms with E-state index in [-0.39, 0.29) is 22.8 Å². The van der Waals surface area contributed by atoms with Gasteiger partial charge >= 0.3 is 0 Å². The topological polar surface area (TPSA) is 65.5 Å². The number of hydrogen-bond donors (Lipinski definition) is 0. The van der Waals surface area contributed by atoms with Gasteiger partial charge < -0.3 is 9.47 Å². The normalized spacial score (nSPS) is 24.4. The molecule has 134 valence electrons. The third-order valence-corrected chi connectivity index (χ3v) is 5.98. The summed E-state index contributed by atoms with van der Waals surface area (Å²) in [7, 11) is -3.51. The highest BCUT2D eigenvalue weighted by Gasteiger charge is 2.35. The molecule has 0 bridgehead atoms. The van der Waals surface area contributed by atoms with E-state index in [4.69, 9.17) is 9.47 Å². The van der Waals surface area contributed by atoms with E-state index in [1.165, 1.54) is 12.3 Å². The van der Waals surface area contributed by atoms with Crippen molar-refractivity contribution < 1.29 is 17.9 Å². The number of aromatic nitrogens is 1. The highest BCUT2D eigenvalue weighted by molar-refractivity contribution is 7.91. The molecule has 1 aliphatic rings. The molecule has 1 fully saturated rings. The number of nitrogens with zero attached hydrogens (tertiary/aromatic N) is 1. The average molecular weight is 361 g/mol. The monoisotopic (exact) mass is 361 g/mol. The molecule has 0 radical (unpaired) electrons. The van der Waals surface area contributed by atoms with Crippen LogP contribution >= 0.6 is 0 Å². The Morgan fingerprint density at radius 1 is 1.08 bits per heavy atom. The van der Waals surface area contributed by atoms with Gasteiger partial charge in [-0.05, 0) is 18.1 Å². The van der Waals surface area contributed by atoms with E-state index in [0.717, 1.165) is 5.56 Å². The first-order valence-corrected chi connectivity index (χ1v) is 10.1. The Bertz CT molecular complexity index is 778. The van der Waals surface area contributed by atoms with E-state index in [1.807, 2.05) is 30.3 Å². The molecule has 6 heteroatoms. The first-order valence-electron chi connectivity index (χ1n) is 8.45. The summed E-state index contributed by atoms with van der Waals surface area (Å²) in [6.45, 7) is 4.14. The largest absolute Gasteiger partial charge is 0.345 e. The zero-order chi connectivity index (χ0) is 17.9. The second-order valence-electron chi connectivity index (χ2n) is 6.60. The summed E-state index contributed by atoms with van der Waals surface area (Å²) in [5, 5.41) is 0.0856. The minimum absolute atomic E-state index is 0.0529. The van der Waals surface area contributed by atoms with Crippen LogP contribution in [0.5, 0.6) is 0 Å². The van der Waals surface area contributed by atoms with Crippen LogP contribution in [-0.4, -0.2) is 31.4 Å². The zero-order valence-corrected chi connectivity index (χ0v) is 15.2. The quantitative estimate of drug-likeness (QED) is 0.817. The van der Waals surface area contributed by atoms with Crippen LogP contribution in [0.4, 0.5) is 0 Å². The van der Waals surface area contributed by atoms with Crippen LogP contribution in [0.2, 0.25) is 0 Å². The lowest BCUT2D eigenvalue weighted by Crippen LogP contribution is -2.40. The minimum atomic E-state index is -3.51. The average Bonchev–Trinajstić information content (AvgIpc) is 2.62. The van der Waals surface area contributed by atoms with Crippen molar-refractivity contribution >= 4 is 9.84 Å². The molecule has 1 aromatic carbocycles. The summed E-state index contributed by atoms with van der Waals surface area (Å²) in [6.07, 6.45) is 1.00. The molecule has 0 spiro atoms. The summed E-state index contributed by atoms with van der Waals surface area (Å²) in [5.41, 5.74) is 0.896. The van der Waals surface area contributed by atoms with Crippen molar-refractivity contribution in [3.05, 3.63) is 60.3 Å². The summed E-state index contributed by atoms with van der Waals surface area (Å²) in [4.78, 5) is 3.97. The molecule has 1 aromatic heterocycles. The van der Waals surface area contributed by atoms with Crippen LogP contribution in [0, 0.1) is 5.92 Å². The molecule has 2 aromatic rings. The van der Waals surface area contributed by atoms with Crippen LogP contribution in [0.25, 0.3) is 0 Å². The molecule has 3 atom stereocenters. The Labute approximate surface area is 148 Å². The van der Waals surface area contributed by atoms with Gasteiger partial charge in [0.25, 0.3) is 0 Å². The summed E-state index contributed by atoms with van der Waals surface area (Å²) in [5.74, 6) is 0.176. The lowest BCUT2D eigenvalue weighted by molar-refractivity contribution is -0.251. The molecule has 25 heavy (non-hydrogen) atoms. The summed E-state index contributed by atoms with van der Waals surface area (Å²) < 4.78 is 37.3. The van der Waals surface area contributed by atoms with Gasteiger partial charge in [-0.2, -0.15) is 0 Å². The van der Waals surface area contributed by atoms with Gasteiger partial charge in [0.1, 0.15) is 0 Å². The Morgan fingerprint density at radius 2 is 1.80 bits per heavy atom. The Hall–Kier alpha value is -1.76. The van der Waals surface area contributed by atoms with E-state index < -0.39 is 22.2 Å². The van der Waals surface area contributed by atoms with Crippen molar-refractivity contribution in [1.29, 1.82) is 0 Å². The van der Waals surface area contributed by atoms with Crippen molar-refractivity contribution in [3.63, 3.8) is 0 Å². The standard InChI is InChI=1S/C19H23NO4S/c1-14(2)17-12-16(13-25(21,22)18-10-6-7-11-20-18)23-19(24-17)15-8-4-3-5-9-15/h3-11,14,16-17,19H,12-13H2,1-2H3/t16-,17+,19+/m1/s1. The molecule has 5 nitrogen and oxygen atoms in total. The predicted molar refractivity (Wildman–Crippen MR) is 94.7 cm³/mol. The molecule has 0 aliphatic carbocycles. The minimum Gasteiger partial charge on any atom is -0.345 e. The van der Waals surface area contributed by atoms with Gasteiger partial charge in [-0.3, -0.25) is 0 Å². The van der Waals surface area contributed by atoms with Crippen LogP contribution in [-0.2, 0) is 19.3 Å². The molecule has 0 unspecified atom stereocenters. The van der Waals surface area contributed by atoms with Gasteiger partial charge in [0.05, 0.1) is 18.0 Å². The number of benzene rings is 1. The fourth-order valence-corrected chi connectivity index (χ4v) is 4.28. The lowest BCUT2D eigenvalue weighted by atomic mass is 10.00. The fourth-order valence-electron chi connectivity index (χ4n) is 2.90. The SMILES string of the molecule is CC(C)[C@@H]1C[C@H](CS(=O)(=O)c2ccccn2)O[C@H](c2ccccc2)O1. The lowest BCUT2D eigenvalue weighted by Gasteiger charge is -2.37. The third-order valence-electron chi connectivity index (χ3n) is 4.29. The Balaban J connectivity index is 1.80. The van der Waals surface area contributed by atoms with E-state index in [9.17, 15) is 8.42 Å². The van der Waals surface area contributed by atoms with Gasteiger partial charge in [0.2, 0.25) is 0 Å². The highest BCUT2D eigenvalue weighted by Crippen LogP contribution is 2.33. The molecular weight excluding hydrogens is 338 g/mol. The van der Waals surface area contributed by atoms with Crippen LogP contribution in [0.1, 0.15) is 32.1 Å². The van der Waals surface area contributed by atoms with Crippen molar-refractivity contribution in [1.82, 2.24) is 4.98 Å². The van der Waals surface area contributed by atoms with E-state index in [0.29, 0.717) is 6.42 Å². The van der Waals surface area contributed by atoms with Gasteiger partial charge in [-0.15, -0.1) is 0 Å². The molecular formula is C19H23NO4S. The molecule has 2 heterocycles. The van der Waals surface area contributed by atoms with Gasteiger partial charge in [0.15, 0.2) is 21.2 Å². The third kappa shape index (κ3) is 4.45. The zero-order valence-electron chi connectivity index (χ0n) is 14.4. The number of pyridine rings is 1. The fraction of sp³-hybridized carbons (Fsp3) is 0.421. The molecule has 3 rings (SSSR count). The van der Waals surface area contributed by atoms with E-state index in [1.54, 1.807) is 12.1 Å². The number of rotatable bonds is 5. The first kappa shape index (κ1) is 18.0. The number of sulfone groups is 1. The summed E-state index contributed by atoms with van der Waals surface area (Å²) >= 11 is 0.